The molecule has 0 bridgehead atoms. The van der Waals surface area contributed by atoms with E-state index in [-0.39, 0.29) is 11.6 Å². The van der Waals surface area contributed by atoms with Crippen LogP contribution in [0.15, 0.2) is 24.3 Å². The van der Waals surface area contributed by atoms with Gasteiger partial charge in [0, 0.05) is 11.1 Å². The highest BCUT2D eigenvalue weighted by Crippen LogP contribution is 2.11. The minimum atomic E-state index is -0.215. The number of carbonyl (C=O) groups is 1. The number of aryl methyl sites for hydroxylation is 1. The van der Waals surface area contributed by atoms with Crippen molar-refractivity contribution >= 4 is 6.03 Å². The van der Waals surface area contributed by atoms with Gasteiger partial charge in [0.1, 0.15) is 32.2 Å². The lowest BCUT2D eigenvalue weighted by Crippen LogP contribution is -3.27. The van der Waals surface area contributed by atoms with Crippen LogP contribution in [0.4, 0.5) is 4.79 Å². The van der Waals surface area contributed by atoms with E-state index in [1.54, 1.807) is 9.80 Å². The van der Waals surface area contributed by atoms with Crippen LogP contribution < -0.4 is 20.4 Å². The van der Waals surface area contributed by atoms with Crippen LogP contribution >= 0.6 is 0 Å². The zero-order valence-electron chi connectivity index (χ0n) is 15.8. The number of urea groups is 1. The quantitative estimate of drug-likeness (QED) is 0.592. The van der Waals surface area contributed by atoms with Gasteiger partial charge in [-0.2, -0.15) is 0 Å². The third-order valence-electron chi connectivity index (χ3n) is 4.67. The second kappa shape index (κ2) is 7.99. The van der Waals surface area contributed by atoms with Gasteiger partial charge in [0.05, 0.1) is 13.6 Å². The van der Waals surface area contributed by atoms with Crippen molar-refractivity contribution in [2.24, 2.45) is 0 Å². The Hall–Kier alpha value is -1.59. The fraction of sp³-hybridized carbons (Fsp3) is 0.632. The normalized spacial score (nSPS) is 22.7. The van der Waals surface area contributed by atoms with E-state index in [1.165, 1.54) is 24.2 Å². The minimum Gasteiger partial charge on any atom is -0.334 e. The Morgan fingerprint density at radius 1 is 1.12 bits per heavy atom. The lowest BCUT2D eigenvalue weighted by Gasteiger charge is -2.34. The number of amides is 2. The van der Waals surface area contributed by atoms with Gasteiger partial charge in [0.25, 0.3) is 0 Å². The van der Waals surface area contributed by atoms with Gasteiger partial charge in [-0.05, 0) is 27.7 Å². The summed E-state index contributed by atoms with van der Waals surface area (Å²) in [5, 5.41) is 6.06. The molecule has 5 nitrogen and oxygen atoms in total. The number of hydrogen-bond acceptors (Lipinski definition) is 1. The molecule has 0 aromatic heterocycles. The molecule has 5 heteroatoms. The largest absolute Gasteiger partial charge is 0.334 e. The van der Waals surface area contributed by atoms with E-state index in [0.717, 1.165) is 13.1 Å². The molecule has 1 aliphatic heterocycles. The number of quaternary nitrogens is 2. The van der Waals surface area contributed by atoms with Crippen LogP contribution in [0.3, 0.4) is 0 Å². The van der Waals surface area contributed by atoms with Crippen LogP contribution in [-0.4, -0.2) is 51.3 Å². The predicted molar refractivity (Wildman–Crippen MR) is 97.5 cm³/mol. The predicted octanol–water partition coefficient (Wildman–Crippen LogP) is -0.453. The Kier molecular flexibility index (Phi) is 6.24. The van der Waals surface area contributed by atoms with Crippen molar-refractivity contribution in [3.8, 4) is 0 Å². The highest BCUT2D eigenvalue weighted by molar-refractivity contribution is 5.74. The van der Waals surface area contributed by atoms with Crippen LogP contribution in [0.5, 0.6) is 0 Å². The van der Waals surface area contributed by atoms with Crippen molar-refractivity contribution in [3.63, 3.8) is 0 Å². The molecule has 4 N–H and O–H groups in total. The van der Waals surface area contributed by atoms with Gasteiger partial charge in [-0.3, -0.25) is 0 Å². The zero-order chi connectivity index (χ0) is 17.7. The fourth-order valence-electron chi connectivity index (χ4n) is 3.22. The first-order chi connectivity index (χ1) is 11.2. The van der Waals surface area contributed by atoms with E-state index in [1.807, 2.05) is 20.8 Å². The van der Waals surface area contributed by atoms with Crippen LogP contribution in [0.2, 0.25) is 0 Å². The first-order valence-electron chi connectivity index (χ1n) is 9.03. The maximum absolute atomic E-state index is 12.1. The van der Waals surface area contributed by atoms with Crippen molar-refractivity contribution in [2.45, 2.75) is 39.3 Å². The van der Waals surface area contributed by atoms with Crippen molar-refractivity contribution in [3.05, 3.63) is 35.4 Å². The molecular weight excluding hydrogens is 300 g/mol. The molecule has 0 radical (unpaired) electrons. The molecule has 24 heavy (non-hydrogen) atoms. The Morgan fingerprint density at radius 3 is 2.25 bits per heavy atom. The van der Waals surface area contributed by atoms with Gasteiger partial charge in [-0.1, -0.05) is 29.8 Å². The molecular formula is C19H34N4O+2. The van der Waals surface area contributed by atoms with E-state index in [9.17, 15) is 4.79 Å². The first kappa shape index (κ1) is 18.7. The zero-order valence-corrected chi connectivity index (χ0v) is 15.8. The topological polar surface area (TPSA) is 50.0 Å². The first-order valence-corrected chi connectivity index (χ1v) is 9.03. The maximum Gasteiger partial charge on any atom is 0.315 e. The molecule has 1 heterocycles. The van der Waals surface area contributed by atoms with Crippen LogP contribution in [-0.2, 0) is 0 Å². The number of hydrogen-bond donors (Lipinski definition) is 4. The maximum atomic E-state index is 12.1. The van der Waals surface area contributed by atoms with E-state index < -0.39 is 0 Å². The van der Waals surface area contributed by atoms with E-state index >= 15 is 0 Å². The third kappa shape index (κ3) is 5.80. The molecule has 1 fully saturated rings. The molecule has 1 aromatic carbocycles. The average Bonchev–Trinajstić information content (AvgIpc) is 2.49. The van der Waals surface area contributed by atoms with E-state index in [4.69, 9.17) is 0 Å². The molecule has 0 saturated carbocycles. The number of piperazine rings is 1. The Morgan fingerprint density at radius 2 is 1.71 bits per heavy atom. The number of carbonyl (C=O) groups excluding carboxylic acids is 1. The van der Waals surface area contributed by atoms with Crippen molar-refractivity contribution in [1.82, 2.24) is 10.6 Å². The molecule has 0 aliphatic carbocycles. The summed E-state index contributed by atoms with van der Waals surface area (Å²) < 4.78 is 0. The number of nitrogens with one attached hydrogen (secondary N) is 4. The molecule has 0 unspecified atom stereocenters. The summed E-state index contributed by atoms with van der Waals surface area (Å²) >= 11 is 0. The summed E-state index contributed by atoms with van der Waals surface area (Å²) in [5.41, 5.74) is 2.37. The highest BCUT2D eigenvalue weighted by Gasteiger charge is 2.29. The highest BCUT2D eigenvalue weighted by atomic mass is 16.2. The summed E-state index contributed by atoms with van der Waals surface area (Å²) in [4.78, 5) is 15.3. The summed E-state index contributed by atoms with van der Waals surface area (Å²) in [6.07, 6.45) is 0. The monoisotopic (exact) mass is 334 g/mol. The third-order valence-corrected chi connectivity index (χ3v) is 4.67. The van der Waals surface area contributed by atoms with Gasteiger partial charge in [0.2, 0.25) is 0 Å². The SMILES string of the molecule is Cc1ccc([C@H](CNC(=O)NC(C)(C)C)[NH+]2CC[NH+](C)CC2)cc1. The number of benzene rings is 1. The van der Waals surface area contributed by atoms with E-state index in [2.05, 4.69) is 48.9 Å². The summed E-state index contributed by atoms with van der Waals surface area (Å²) in [5.74, 6) is 0. The molecule has 1 saturated heterocycles. The van der Waals surface area contributed by atoms with Crippen LogP contribution in [0.25, 0.3) is 0 Å². The molecule has 1 atom stereocenters. The van der Waals surface area contributed by atoms with E-state index in [0.29, 0.717) is 12.6 Å². The molecule has 134 valence electrons. The van der Waals surface area contributed by atoms with Gasteiger partial charge >= 0.3 is 6.03 Å². The van der Waals surface area contributed by atoms with Crippen molar-refractivity contribution in [1.29, 1.82) is 0 Å². The second-order valence-corrected chi connectivity index (χ2v) is 8.16. The Balaban J connectivity index is 2.05. The van der Waals surface area contributed by atoms with Crippen LogP contribution in [0, 0.1) is 6.92 Å². The Labute approximate surface area is 146 Å². The summed E-state index contributed by atoms with van der Waals surface area (Å²) in [6, 6.07) is 8.97. The second-order valence-electron chi connectivity index (χ2n) is 8.16. The molecule has 1 aromatic rings. The van der Waals surface area contributed by atoms with Gasteiger partial charge in [-0.15, -0.1) is 0 Å². The minimum absolute atomic E-state index is 0.0845. The molecule has 1 aliphatic rings. The summed E-state index contributed by atoms with van der Waals surface area (Å²) in [7, 11) is 2.26. The number of rotatable bonds is 4. The van der Waals surface area contributed by atoms with Gasteiger partial charge in [-0.25, -0.2) is 4.79 Å². The average molecular weight is 335 g/mol. The summed E-state index contributed by atoms with van der Waals surface area (Å²) in [6.45, 7) is 13.4. The van der Waals surface area contributed by atoms with Gasteiger partial charge in [0.15, 0.2) is 0 Å². The number of likely N-dealkylation sites (N-methyl/N-ethyl adjacent to an activating group) is 1. The lowest BCUT2D eigenvalue weighted by atomic mass is 10.0. The fourth-order valence-corrected chi connectivity index (χ4v) is 3.22. The molecule has 0 spiro atoms. The van der Waals surface area contributed by atoms with Crippen molar-refractivity contribution < 1.29 is 14.6 Å². The molecule has 2 rings (SSSR count). The van der Waals surface area contributed by atoms with Gasteiger partial charge < -0.3 is 20.4 Å². The molecule has 2 amide bonds. The smallest absolute Gasteiger partial charge is 0.315 e. The lowest BCUT2D eigenvalue weighted by molar-refractivity contribution is -1.02. The Bertz CT molecular complexity index is 527. The standard InChI is InChI=1S/C19H32N4O/c1-15-6-8-16(9-7-15)17(23-12-10-22(5)11-13-23)14-20-18(24)21-19(2,3)4/h6-9,17H,10-14H2,1-5H3,(H2,20,21,24)/p+2/t17-/m0/s1. The van der Waals surface area contributed by atoms with Crippen molar-refractivity contribution in [2.75, 3.05) is 39.8 Å². The van der Waals surface area contributed by atoms with Crippen LogP contribution in [0.1, 0.15) is 37.9 Å².